The maximum Gasteiger partial charge on any atom is 0.325 e. The molecule has 0 aromatic heterocycles. The van der Waals surface area contributed by atoms with E-state index in [-0.39, 0.29) is 6.61 Å². The summed E-state index contributed by atoms with van der Waals surface area (Å²) < 4.78 is 71.9. The SMILES string of the molecule is CCCCCCCCCCCOC(=O)CN(C)C(=O)c1c(F)c(F)c(F)c(F)c1F. The predicted molar refractivity (Wildman–Crippen MR) is 101 cm³/mol. The third-order valence-electron chi connectivity index (χ3n) is 4.65. The molecule has 0 fully saturated rings. The van der Waals surface area contributed by atoms with E-state index in [1.807, 2.05) is 0 Å². The Kier molecular flexibility index (Phi) is 11.4. The quantitative estimate of drug-likeness (QED) is 0.134. The smallest absolute Gasteiger partial charge is 0.325 e. The Morgan fingerprint density at radius 2 is 1.17 bits per heavy atom. The molecule has 0 atom stereocenters. The molecule has 170 valence electrons. The Morgan fingerprint density at radius 1 is 0.733 bits per heavy atom. The Bertz CT molecular complexity index is 698. The van der Waals surface area contributed by atoms with Crippen molar-refractivity contribution >= 4 is 11.9 Å². The van der Waals surface area contributed by atoms with Crippen LogP contribution in [-0.2, 0) is 9.53 Å². The molecule has 1 rings (SSSR count). The average Bonchev–Trinajstić information content (AvgIpc) is 2.72. The van der Waals surface area contributed by atoms with Crippen molar-refractivity contribution in [2.75, 3.05) is 20.2 Å². The van der Waals surface area contributed by atoms with Crippen molar-refractivity contribution in [2.24, 2.45) is 0 Å². The summed E-state index contributed by atoms with van der Waals surface area (Å²) in [5.41, 5.74) is -1.61. The fourth-order valence-corrected chi connectivity index (χ4v) is 2.89. The van der Waals surface area contributed by atoms with Crippen LogP contribution in [0.1, 0.15) is 75.1 Å². The van der Waals surface area contributed by atoms with E-state index in [0.29, 0.717) is 11.3 Å². The van der Waals surface area contributed by atoms with Crippen LogP contribution in [0.5, 0.6) is 0 Å². The van der Waals surface area contributed by atoms with Crippen molar-refractivity contribution in [2.45, 2.75) is 64.7 Å². The number of hydrogen-bond donors (Lipinski definition) is 0. The summed E-state index contributed by atoms with van der Waals surface area (Å²) >= 11 is 0. The molecule has 0 N–H and O–H groups in total. The van der Waals surface area contributed by atoms with Gasteiger partial charge < -0.3 is 9.64 Å². The third kappa shape index (κ3) is 7.57. The molecule has 0 saturated heterocycles. The fourth-order valence-electron chi connectivity index (χ4n) is 2.89. The highest BCUT2D eigenvalue weighted by atomic mass is 19.2. The molecule has 0 aliphatic carbocycles. The van der Waals surface area contributed by atoms with Crippen LogP contribution in [0, 0.1) is 29.1 Å². The van der Waals surface area contributed by atoms with Gasteiger partial charge >= 0.3 is 5.97 Å². The Morgan fingerprint density at radius 3 is 1.67 bits per heavy atom. The van der Waals surface area contributed by atoms with Crippen LogP contribution in [0.25, 0.3) is 0 Å². The number of unbranched alkanes of at least 4 members (excludes halogenated alkanes) is 8. The average molecular weight is 437 g/mol. The number of carbonyl (C=O) groups is 2. The van der Waals surface area contributed by atoms with Crippen LogP contribution in [0.3, 0.4) is 0 Å². The molecule has 0 aliphatic rings. The molecule has 0 heterocycles. The van der Waals surface area contributed by atoms with E-state index in [9.17, 15) is 31.5 Å². The van der Waals surface area contributed by atoms with Gasteiger partial charge in [-0.25, -0.2) is 22.0 Å². The van der Waals surface area contributed by atoms with Crippen LogP contribution >= 0.6 is 0 Å². The lowest BCUT2D eigenvalue weighted by molar-refractivity contribution is -0.144. The number of halogens is 5. The molecule has 1 aromatic carbocycles. The Balaban J connectivity index is 2.39. The van der Waals surface area contributed by atoms with Gasteiger partial charge in [0.1, 0.15) is 12.1 Å². The van der Waals surface area contributed by atoms with Gasteiger partial charge in [0.25, 0.3) is 5.91 Å². The van der Waals surface area contributed by atoms with E-state index in [0.717, 1.165) is 26.3 Å². The van der Waals surface area contributed by atoms with E-state index in [1.165, 1.54) is 32.1 Å². The van der Waals surface area contributed by atoms with E-state index in [1.54, 1.807) is 0 Å². The van der Waals surface area contributed by atoms with Gasteiger partial charge in [0.15, 0.2) is 23.3 Å². The lowest BCUT2D eigenvalue weighted by Gasteiger charge is -2.17. The first-order chi connectivity index (χ1) is 14.2. The zero-order chi connectivity index (χ0) is 22.7. The molecule has 0 spiro atoms. The highest BCUT2D eigenvalue weighted by Crippen LogP contribution is 2.24. The lowest BCUT2D eigenvalue weighted by atomic mass is 10.1. The van der Waals surface area contributed by atoms with Gasteiger partial charge in [0.05, 0.1) is 6.61 Å². The first-order valence-electron chi connectivity index (χ1n) is 10.1. The molecule has 1 aromatic rings. The van der Waals surface area contributed by atoms with Crippen LogP contribution < -0.4 is 0 Å². The molecule has 0 bridgehead atoms. The monoisotopic (exact) mass is 437 g/mol. The number of amides is 1. The van der Waals surface area contributed by atoms with E-state index >= 15 is 0 Å². The fraction of sp³-hybridized carbons (Fsp3) is 0.619. The van der Waals surface area contributed by atoms with Crippen molar-refractivity contribution in [1.29, 1.82) is 0 Å². The number of rotatable bonds is 13. The van der Waals surface area contributed by atoms with Gasteiger partial charge in [-0.3, -0.25) is 9.59 Å². The molecule has 0 aliphatic heterocycles. The second-order valence-electron chi connectivity index (χ2n) is 7.16. The molecular weight excluding hydrogens is 409 g/mol. The van der Waals surface area contributed by atoms with Crippen LogP contribution in [0.2, 0.25) is 0 Å². The maximum absolute atomic E-state index is 13.7. The van der Waals surface area contributed by atoms with Crippen molar-refractivity contribution in [1.82, 2.24) is 4.90 Å². The number of benzene rings is 1. The number of esters is 1. The summed E-state index contributed by atoms with van der Waals surface area (Å²) in [6, 6.07) is 0. The summed E-state index contributed by atoms with van der Waals surface area (Å²) in [4.78, 5) is 24.4. The Hall–Kier alpha value is -2.19. The molecule has 0 saturated carbocycles. The molecular formula is C21H28F5NO3. The number of nitrogens with zero attached hydrogens (tertiary/aromatic N) is 1. The van der Waals surface area contributed by atoms with Crippen molar-refractivity contribution < 1.29 is 36.3 Å². The largest absolute Gasteiger partial charge is 0.464 e. The van der Waals surface area contributed by atoms with Crippen LogP contribution in [-0.4, -0.2) is 37.0 Å². The van der Waals surface area contributed by atoms with Crippen molar-refractivity contribution in [3.8, 4) is 0 Å². The number of carbonyl (C=O) groups excluding carboxylic acids is 2. The first kappa shape index (κ1) is 25.8. The topological polar surface area (TPSA) is 46.6 Å². The van der Waals surface area contributed by atoms with Gasteiger partial charge in [0.2, 0.25) is 5.82 Å². The van der Waals surface area contributed by atoms with Gasteiger partial charge in [-0.2, -0.15) is 0 Å². The molecule has 1 amide bonds. The second-order valence-corrected chi connectivity index (χ2v) is 7.16. The summed E-state index contributed by atoms with van der Waals surface area (Å²) in [5.74, 6) is -13.6. The number of hydrogen-bond acceptors (Lipinski definition) is 3. The standard InChI is InChI=1S/C21H28F5NO3/c1-3-4-5-6-7-8-9-10-11-12-30-14(28)13-27(2)21(29)15-16(22)18(24)20(26)19(25)17(15)23/h3-13H2,1-2H3. The molecule has 0 radical (unpaired) electrons. The number of likely N-dealkylation sites (N-methyl/N-ethyl adjacent to an activating group) is 1. The summed E-state index contributed by atoms with van der Waals surface area (Å²) in [5, 5.41) is 0. The summed E-state index contributed by atoms with van der Waals surface area (Å²) in [6.45, 7) is 1.60. The van der Waals surface area contributed by atoms with E-state index in [4.69, 9.17) is 4.74 Å². The van der Waals surface area contributed by atoms with Gasteiger partial charge in [0, 0.05) is 7.05 Å². The third-order valence-corrected chi connectivity index (χ3v) is 4.65. The number of ether oxygens (including phenoxy) is 1. The first-order valence-corrected chi connectivity index (χ1v) is 10.1. The highest BCUT2D eigenvalue weighted by molar-refractivity contribution is 5.96. The minimum atomic E-state index is -2.36. The van der Waals surface area contributed by atoms with Crippen molar-refractivity contribution in [3.05, 3.63) is 34.6 Å². The second kappa shape index (κ2) is 13.2. The molecule has 9 heteroatoms. The molecule has 4 nitrogen and oxygen atoms in total. The van der Waals surface area contributed by atoms with Crippen molar-refractivity contribution in [3.63, 3.8) is 0 Å². The minimum Gasteiger partial charge on any atom is -0.464 e. The van der Waals surface area contributed by atoms with Gasteiger partial charge in [-0.1, -0.05) is 58.3 Å². The zero-order valence-electron chi connectivity index (χ0n) is 17.3. The predicted octanol–water partition coefficient (Wildman–Crippen LogP) is 5.53. The van der Waals surface area contributed by atoms with Crippen LogP contribution in [0.4, 0.5) is 22.0 Å². The summed E-state index contributed by atoms with van der Waals surface area (Å²) in [6.07, 6.45) is 9.71. The van der Waals surface area contributed by atoms with Crippen LogP contribution in [0.15, 0.2) is 0 Å². The van der Waals surface area contributed by atoms with Gasteiger partial charge in [-0.15, -0.1) is 0 Å². The van der Waals surface area contributed by atoms with E-state index in [2.05, 4.69) is 6.92 Å². The molecule has 30 heavy (non-hydrogen) atoms. The normalized spacial score (nSPS) is 10.9. The minimum absolute atomic E-state index is 0.124. The van der Waals surface area contributed by atoms with Gasteiger partial charge in [-0.05, 0) is 6.42 Å². The Labute approximate surface area is 173 Å². The zero-order valence-corrected chi connectivity index (χ0v) is 17.3. The maximum atomic E-state index is 13.7. The lowest BCUT2D eigenvalue weighted by Crippen LogP contribution is -2.34. The highest BCUT2D eigenvalue weighted by Gasteiger charge is 2.31. The summed E-state index contributed by atoms with van der Waals surface area (Å²) in [7, 11) is 1.00. The molecule has 0 unspecified atom stereocenters. The van der Waals surface area contributed by atoms with E-state index < -0.39 is 53.1 Å².